The fourth-order valence-corrected chi connectivity index (χ4v) is 2.78. The van der Waals surface area contributed by atoms with Crippen molar-refractivity contribution >= 4 is 0 Å². The predicted octanol–water partition coefficient (Wildman–Crippen LogP) is 4.83. The number of hydrogen-bond acceptors (Lipinski definition) is 2. The Labute approximate surface area is 138 Å². The van der Waals surface area contributed by atoms with Crippen LogP contribution in [-0.4, -0.2) is 4.98 Å². The fraction of sp³-hybridized carbons (Fsp3) is 0.211. The molecule has 124 valence electrons. The van der Waals surface area contributed by atoms with Crippen LogP contribution in [0.4, 0.5) is 13.2 Å². The summed E-state index contributed by atoms with van der Waals surface area (Å²) in [6.45, 7) is 0.335. The molecule has 0 amide bonds. The minimum Gasteiger partial charge on any atom is -0.326 e. The van der Waals surface area contributed by atoms with Crippen LogP contribution in [-0.2, 0) is 12.7 Å². The molecule has 0 radical (unpaired) electrons. The molecule has 0 aliphatic heterocycles. The Morgan fingerprint density at radius 1 is 1.12 bits per heavy atom. The van der Waals surface area contributed by atoms with E-state index in [9.17, 15) is 13.2 Å². The highest BCUT2D eigenvalue weighted by atomic mass is 19.4. The molecule has 0 saturated heterocycles. The number of aromatic nitrogens is 1. The summed E-state index contributed by atoms with van der Waals surface area (Å²) in [6, 6.07) is 7.10. The maximum Gasteiger partial charge on any atom is 0.416 e. The Morgan fingerprint density at radius 2 is 1.88 bits per heavy atom. The van der Waals surface area contributed by atoms with Crippen LogP contribution in [0, 0.1) is 0 Å². The lowest BCUT2D eigenvalue weighted by Gasteiger charge is -2.18. The van der Waals surface area contributed by atoms with Crippen LogP contribution in [0.25, 0.3) is 11.1 Å². The Morgan fingerprint density at radius 3 is 2.46 bits per heavy atom. The van der Waals surface area contributed by atoms with E-state index < -0.39 is 11.7 Å². The zero-order valence-corrected chi connectivity index (χ0v) is 12.9. The second-order valence-electron chi connectivity index (χ2n) is 5.71. The number of allylic oxidation sites excluding steroid dienone is 4. The van der Waals surface area contributed by atoms with E-state index in [1.54, 1.807) is 6.20 Å². The normalized spacial score (nSPS) is 17.2. The predicted molar refractivity (Wildman–Crippen MR) is 88.2 cm³/mol. The van der Waals surface area contributed by atoms with Crippen LogP contribution < -0.4 is 5.73 Å². The molecule has 24 heavy (non-hydrogen) atoms. The molecule has 1 unspecified atom stereocenters. The molecule has 3 rings (SSSR count). The van der Waals surface area contributed by atoms with Crippen molar-refractivity contribution in [3.63, 3.8) is 0 Å². The van der Waals surface area contributed by atoms with Gasteiger partial charge in [0, 0.05) is 24.2 Å². The molecule has 0 spiro atoms. The highest BCUT2D eigenvalue weighted by molar-refractivity contribution is 5.68. The molecule has 1 aromatic heterocycles. The number of nitrogens with two attached hydrogens (primary N) is 1. The SMILES string of the molecule is NCc1cnc(C2C=CC=CC2)c(-c2ccc(C(F)(F)F)cc2)c1. The van der Waals surface area contributed by atoms with Crippen LogP contribution in [0.1, 0.15) is 29.2 Å². The smallest absolute Gasteiger partial charge is 0.326 e. The Bertz CT molecular complexity index is 774. The highest BCUT2D eigenvalue weighted by Crippen LogP contribution is 2.35. The van der Waals surface area contributed by atoms with Gasteiger partial charge >= 0.3 is 6.18 Å². The maximum atomic E-state index is 12.8. The fourth-order valence-electron chi connectivity index (χ4n) is 2.78. The number of rotatable bonds is 3. The van der Waals surface area contributed by atoms with Crippen LogP contribution in [0.3, 0.4) is 0 Å². The molecule has 1 heterocycles. The number of alkyl halides is 3. The van der Waals surface area contributed by atoms with Gasteiger partial charge < -0.3 is 5.73 Å². The van der Waals surface area contributed by atoms with E-state index in [4.69, 9.17) is 5.73 Å². The van der Waals surface area contributed by atoms with Gasteiger partial charge in [-0.15, -0.1) is 0 Å². The number of hydrogen-bond donors (Lipinski definition) is 1. The average molecular weight is 330 g/mol. The number of benzene rings is 1. The second-order valence-corrected chi connectivity index (χ2v) is 5.71. The summed E-state index contributed by atoms with van der Waals surface area (Å²) in [6.07, 6.45) is 6.26. The van der Waals surface area contributed by atoms with Gasteiger partial charge in [0.05, 0.1) is 11.3 Å². The van der Waals surface area contributed by atoms with Crippen LogP contribution in [0.2, 0.25) is 0 Å². The zero-order valence-electron chi connectivity index (χ0n) is 12.9. The summed E-state index contributed by atoms with van der Waals surface area (Å²) < 4.78 is 38.3. The van der Waals surface area contributed by atoms with Gasteiger partial charge in [-0.3, -0.25) is 4.98 Å². The quantitative estimate of drug-likeness (QED) is 0.876. The third-order valence-corrected chi connectivity index (χ3v) is 4.07. The van der Waals surface area contributed by atoms with Gasteiger partial charge in [0.15, 0.2) is 0 Å². The number of pyridine rings is 1. The standard InChI is InChI=1S/C19H17F3N2/c20-19(21,22)16-8-6-14(7-9-16)17-10-13(11-23)12-24-18(17)15-4-2-1-3-5-15/h1-4,6-10,12,15H,5,11,23H2. The van der Waals surface area contributed by atoms with E-state index in [-0.39, 0.29) is 5.92 Å². The molecule has 2 N–H and O–H groups in total. The summed E-state index contributed by atoms with van der Waals surface area (Å²) in [5.74, 6) is 0.110. The van der Waals surface area contributed by atoms with Gasteiger partial charge in [0.2, 0.25) is 0 Å². The van der Waals surface area contributed by atoms with Gasteiger partial charge in [-0.25, -0.2) is 0 Å². The Balaban J connectivity index is 2.04. The van der Waals surface area contributed by atoms with Crippen molar-refractivity contribution in [1.29, 1.82) is 0 Å². The summed E-state index contributed by atoms with van der Waals surface area (Å²) in [5, 5.41) is 0. The molecule has 2 nitrogen and oxygen atoms in total. The maximum absolute atomic E-state index is 12.8. The summed E-state index contributed by atoms with van der Waals surface area (Å²) in [7, 11) is 0. The number of nitrogens with zero attached hydrogens (tertiary/aromatic N) is 1. The van der Waals surface area contributed by atoms with Crippen LogP contribution >= 0.6 is 0 Å². The molecule has 1 aliphatic rings. The van der Waals surface area contributed by atoms with Gasteiger partial charge in [-0.1, -0.05) is 36.4 Å². The van der Waals surface area contributed by atoms with E-state index in [2.05, 4.69) is 17.1 Å². The van der Waals surface area contributed by atoms with Gasteiger partial charge in [-0.2, -0.15) is 13.2 Å². The van der Waals surface area contributed by atoms with Crippen LogP contribution in [0.5, 0.6) is 0 Å². The lowest BCUT2D eigenvalue weighted by molar-refractivity contribution is -0.137. The first-order valence-corrected chi connectivity index (χ1v) is 7.69. The van der Waals surface area contributed by atoms with Crippen molar-refractivity contribution in [3.8, 4) is 11.1 Å². The van der Waals surface area contributed by atoms with E-state index in [0.29, 0.717) is 12.1 Å². The summed E-state index contributed by atoms with van der Waals surface area (Å²) in [5.41, 5.74) is 8.28. The Kier molecular flexibility index (Phi) is 4.53. The Hall–Kier alpha value is -2.40. The molecular weight excluding hydrogens is 313 g/mol. The van der Waals surface area contributed by atoms with E-state index in [1.807, 2.05) is 18.2 Å². The molecule has 5 heteroatoms. The first-order chi connectivity index (χ1) is 11.5. The third kappa shape index (κ3) is 3.41. The number of halogens is 3. The molecule has 0 saturated carbocycles. The van der Waals surface area contributed by atoms with Crippen LogP contribution in [0.15, 0.2) is 60.8 Å². The minimum atomic E-state index is -4.34. The summed E-state index contributed by atoms with van der Waals surface area (Å²) >= 11 is 0. The first-order valence-electron chi connectivity index (χ1n) is 7.69. The zero-order chi connectivity index (χ0) is 17.2. The van der Waals surface area contributed by atoms with E-state index >= 15 is 0 Å². The van der Waals surface area contributed by atoms with Crippen molar-refractivity contribution in [1.82, 2.24) is 4.98 Å². The molecule has 0 fully saturated rings. The van der Waals surface area contributed by atoms with E-state index in [1.165, 1.54) is 12.1 Å². The van der Waals surface area contributed by atoms with Gasteiger partial charge in [-0.05, 0) is 35.7 Å². The summed E-state index contributed by atoms with van der Waals surface area (Å²) in [4.78, 5) is 4.53. The van der Waals surface area contributed by atoms with Gasteiger partial charge in [0.1, 0.15) is 0 Å². The minimum absolute atomic E-state index is 0.110. The lowest BCUT2D eigenvalue weighted by atomic mass is 9.90. The molecular formula is C19H17F3N2. The molecule has 1 atom stereocenters. The van der Waals surface area contributed by atoms with Crippen molar-refractivity contribution < 1.29 is 13.2 Å². The average Bonchev–Trinajstić information content (AvgIpc) is 2.61. The first kappa shape index (κ1) is 16.5. The monoisotopic (exact) mass is 330 g/mol. The molecule has 2 aromatic rings. The van der Waals surface area contributed by atoms with Crippen molar-refractivity contribution in [3.05, 3.63) is 77.7 Å². The highest BCUT2D eigenvalue weighted by Gasteiger charge is 2.30. The topological polar surface area (TPSA) is 38.9 Å². The third-order valence-electron chi connectivity index (χ3n) is 4.07. The molecule has 0 bridgehead atoms. The lowest BCUT2D eigenvalue weighted by Crippen LogP contribution is -2.06. The van der Waals surface area contributed by atoms with Gasteiger partial charge in [0.25, 0.3) is 0 Å². The van der Waals surface area contributed by atoms with E-state index in [0.717, 1.165) is 35.4 Å². The molecule has 1 aromatic carbocycles. The molecule has 1 aliphatic carbocycles. The second kappa shape index (κ2) is 6.61. The largest absolute Gasteiger partial charge is 0.416 e. The van der Waals surface area contributed by atoms with Crippen molar-refractivity contribution in [2.75, 3.05) is 0 Å². The van der Waals surface area contributed by atoms with Crippen molar-refractivity contribution in [2.24, 2.45) is 5.73 Å². The van der Waals surface area contributed by atoms with Crippen molar-refractivity contribution in [2.45, 2.75) is 25.1 Å².